The van der Waals surface area contributed by atoms with Gasteiger partial charge in [0, 0.05) is 44.3 Å². The molecule has 2 aromatic carbocycles. The molecule has 0 radical (unpaired) electrons. The van der Waals surface area contributed by atoms with Crippen LogP contribution in [0.2, 0.25) is 0 Å². The van der Waals surface area contributed by atoms with Crippen molar-refractivity contribution in [2.75, 3.05) is 48.7 Å². The Labute approximate surface area is 179 Å². The molecule has 1 fully saturated rings. The molecule has 6 nitrogen and oxygen atoms in total. The largest absolute Gasteiger partial charge is 0.368 e. The Morgan fingerprint density at radius 2 is 1.90 bits per heavy atom. The minimum absolute atomic E-state index is 0.00986. The van der Waals surface area contributed by atoms with E-state index in [1.807, 2.05) is 19.1 Å². The van der Waals surface area contributed by atoms with Gasteiger partial charge in [-0.1, -0.05) is 6.07 Å². The Bertz CT molecular complexity index is 929. The van der Waals surface area contributed by atoms with Crippen molar-refractivity contribution in [1.82, 2.24) is 10.2 Å². The summed E-state index contributed by atoms with van der Waals surface area (Å²) in [6, 6.07) is 11.6. The van der Waals surface area contributed by atoms with Gasteiger partial charge in [0.2, 0.25) is 5.91 Å². The van der Waals surface area contributed by atoms with Gasteiger partial charge in [-0.25, -0.2) is 4.39 Å². The normalized spacial score (nSPS) is 17.8. The zero-order valence-electron chi connectivity index (χ0n) is 16.9. The number of hydrogen-bond donors (Lipinski definition) is 2. The molecule has 2 amide bonds. The van der Waals surface area contributed by atoms with Crippen LogP contribution < -0.4 is 15.5 Å². The summed E-state index contributed by atoms with van der Waals surface area (Å²) in [7, 11) is 0. The first-order chi connectivity index (χ1) is 14.5. The molecular formula is C22H25FN4O2S. The molecule has 158 valence electrons. The van der Waals surface area contributed by atoms with Crippen molar-refractivity contribution in [1.29, 1.82) is 0 Å². The molecule has 2 aromatic rings. The van der Waals surface area contributed by atoms with Crippen LogP contribution in [0.5, 0.6) is 0 Å². The van der Waals surface area contributed by atoms with Crippen LogP contribution in [0.15, 0.2) is 47.4 Å². The maximum absolute atomic E-state index is 13.0. The lowest BCUT2D eigenvalue weighted by Crippen LogP contribution is -2.51. The van der Waals surface area contributed by atoms with Crippen LogP contribution in [-0.2, 0) is 4.79 Å². The van der Waals surface area contributed by atoms with Gasteiger partial charge < -0.3 is 15.5 Å². The second-order valence-electron chi connectivity index (χ2n) is 7.66. The summed E-state index contributed by atoms with van der Waals surface area (Å²) in [5.74, 6) is -0.0323. The van der Waals surface area contributed by atoms with Crippen LogP contribution in [-0.4, -0.2) is 61.2 Å². The number of thioether (sulfide) groups is 1. The summed E-state index contributed by atoms with van der Waals surface area (Å²) in [4.78, 5) is 29.8. The molecule has 1 saturated heterocycles. The number of carbonyl (C=O) groups is 2. The monoisotopic (exact) mass is 428 g/mol. The Morgan fingerprint density at radius 3 is 2.63 bits per heavy atom. The van der Waals surface area contributed by atoms with Crippen LogP contribution in [0.4, 0.5) is 15.8 Å². The number of amides is 2. The lowest BCUT2D eigenvalue weighted by Gasteiger charge is -2.38. The smallest absolute Gasteiger partial charge is 0.251 e. The van der Waals surface area contributed by atoms with Gasteiger partial charge in [0.1, 0.15) is 5.82 Å². The minimum Gasteiger partial charge on any atom is -0.368 e. The number of carbonyl (C=O) groups excluding carboxylic acids is 2. The standard InChI is InChI=1S/C22H25FN4O2S/c1-15(24-22(29)16-5-7-17(23)8-6-16)13-26-9-11-27(12-10-26)19-4-2-3-18-21(19)30-14-20(28)25-18/h2-8,15H,9-14H2,1H3,(H,24,29)(H,25,28). The van der Waals surface area contributed by atoms with Gasteiger partial charge in [-0.15, -0.1) is 11.8 Å². The van der Waals surface area contributed by atoms with E-state index in [0.29, 0.717) is 11.3 Å². The van der Waals surface area contributed by atoms with Crippen LogP contribution in [0.25, 0.3) is 0 Å². The highest BCUT2D eigenvalue weighted by molar-refractivity contribution is 8.00. The predicted octanol–water partition coefficient (Wildman–Crippen LogP) is 2.81. The molecule has 4 rings (SSSR count). The van der Waals surface area contributed by atoms with E-state index in [4.69, 9.17) is 0 Å². The molecule has 2 heterocycles. The van der Waals surface area contributed by atoms with E-state index in [-0.39, 0.29) is 23.7 Å². The van der Waals surface area contributed by atoms with E-state index < -0.39 is 0 Å². The first-order valence-corrected chi connectivity index (χ1v) is 11.1. The number of halogens is 1. The Kier molecular flexibility index (Phi) is 6.24. The van der Waals surface area contributed by atoms with Crippen molar-refractivity contribution in [3.63, 3.8) is 0 Å². The van der Waals surface area contributed by atoms with E-state index in [1.54, 1.807) is 11.8 Å². The number of piperazine rings is 1. The van der Waals surface area contributed by atoms with Gasteiger partial charge in [-0.05, 0) is 43.3 Å². The van der Waals surface area contributed by atoms with Gasteiger partial charge in [-0.2, -0.15) is 0 Å². The van der Waals surface area contributed by atoms with Gasteiger partial charge in [0.15, 0.2) is 0 Å². The van der Waals surface area contributed by atoms with E-state index in [1.165, 1.54) is 30.0 Å². The number of benzene rings is 2. The summed E-state index contributed by atoms with van der Waals surface area (Å²) < 4.78 is 13.0. The predicted molar refractivity (Wildman–Crippen MR) is 118 cm³/mol. The minimum atomic E-state index is -0.349. The Morgan fingerprint density at radius 1 is 1.17 bits per heavy atom. The summed E-state index contributed by atoms with van der Waals surface area (Å²) in [5, 5.41) is 5.94. The highest BCUT2D eigenvalue weighted by Crippen LogP contribution is 2.39. The fourth-order valence-corrected chi connectivity index (χ4v) is 4.83. The summed E-state index contributed by atoms with van der Waals surface area (Å²) >= 11 is 1.60. The molecule has 0 spiro atoms. The number of fused-ring (bicyclic) bond motifs is 1. The zero-order chi connectivity index (χ0) is 21.1. The second kappa shape index (κ2) is 9.06. The molecule has 1 atom stereocenters. The fraction of sp³-hybridized carbons (Fsp3) is 0.364. The van der Waals surface area contributed by atoms with Gasteiger partial charge in [0.25, 0.3) is 5.91 Å². The molecule has 0 aliphatic carbocycles. The van der Waals surface area contributed by atoms with E-state index in [2.05, 4.69) is 26.5 Å². The maximum atomic E-state index is 13.0. The second-order valence-corrected chi connectivity index (χ2v) is 8.65. The van der Waals surface area contributed by atoms with Gasteiger partial charge in [-0.3, -0.25) is 14.5 Å². The molecule has 2 aliphatic rings. The van der Waals surface area contributed by atoms with E-state index in [9.17, 15) is 14.0 Å². The van der Waals surface area contributed by atoms with Crippen LogP contribution in [0, 0.1) is 5.82 Å². The van der Waals surface area contributed by atoms with Crippen molar-refractivity contribution < 1.29 is 14.0 Å². The van der Waals surface area contributed by atoms with Crippen LogP contribution in [0.1, 0.15) is 17.3 Å². The van der Waals surface area contributed by atoms with Gasteiger partial charge >= 0.3 is 0 Å². The molecule has 2 aliphatic heterocycles. The molecule has 0 bridgehead atoms. The summed E-state index contributed by atoms with van der Waals surface area (Å²) in [5.41, 5.74) is 2.54. The molecule has 8 heteroatoms. The van der Waals surface area contributed by atoms with E-state index >= 15 is 0 Å². The zero-order valence-corrected chi connectivity index (χ0v) is 17.7. The first kappa shape index (κ1) is 20.7. The Balaban J connectivity index is 1.30. The van der Waals surface area contributed by atoms with Crippen molar-refractivity contribution >= 4 is 35.0 Å². The fourth-order valence-electron chi connectivity index (χ4n) is 3.86. The SMILES string of the molecule is CC(CN1CCN(c2cccc3c2SCC(=O)N3)CC1)NC(=O)c1ccc(F)cc1. The number of rotatable bonds is 5. The number of anilines is 2. The van der Waals surface area contributed by atoms with Crippen molar-refractivity contribution in [3.8, 4) is 0 Å². The van der Waals surface area contributed by atoms with Crippen LogP contribution in [0.3, 0.4) is 0 Å². The first-order valence-electron chi connectivity index (χ1n) is 10.1. The molecule has 1 unspecified atom stereocenters. The molecular weight excluding hydrogens is 403 g/mol. The van der Waals surface area contributed by atoms with Crippen molar-refractivity contribution in [2.24, 2.45) is 0 Å². The molecule has 0 saturated carbocycles. The quantitative estimate of drug-likeness (QED) is 0.767. The molecule has 0 aromatic heterocycles. The van der Waals surface area contributed by atoms with Gasteiger partial charge in [0.05, 0.1) is 22.0 Å². The maximum Gasteiger partial charge on any atom is 0.251 e. The average Bonchev–Trinajstić information content (AvgIpc) is 2.74. The average molecular weight is 429 g/mol. The number of nitrogens with zero attached hydrogens (tertiary/aromatic N) is 2. The third-order valence-corrected chi connectivity index (χ3v) is 6.47. The third-order valence-electron chi connectivity index (χ3n) is 5.34. The molecule has 2 N–H and O–H groups in total. The topological polar surface area (TPSA) is 64.7 Å². The summed E-state index contributed by atoms with van der Waals surface area (Å²) in [6.45, 7) is 6.33. The van der Waals surface area contributed by atoms with E-state index in [0.717, 1.165) is 43.3 Å². The third kappa shape index (κ3) is 4.76. The Hall–Kier alpha value is -2.58. The number of nitrogens with one attached hydrogen (secondary N) is 2. The summed E-state index contributed by atoms with van der Waals surface area (Å²) in [6.07, 6.45) is 0. The number of hydrogen-bond acceptors (Lipinski definition) is 5. The lowest BCUT2D eigenvalue weighted by atomic mass is 10.2. The van der Waals surface area contributed by atoms with Crippen LogP contribution >= 0.6 is 11.8 Å². The highest BCUT2D eigenvalue weighted by atomic mass is 32.2. The van der Waals surface area contributed by atoms with Crippen molar-refractivity contribution in [3.05, 3.63) is 53.8 Å². The molecule has 30 heavy (non-hydrogen) atoms. The lowest BCUT2D eigenvalue weighted by molar-refractivity contribution is -0.113. The highest BCUT2D eigenvalue weighted by Gasteiger charge is 2.24. The van der Waals surface area contributed by atoms with Crippen molar-refractivity contribution in [2.45, 2.75) is 17.9 Å².